The zero-order chi connectivity index (χ0) is 16.0. The fourth-order valence-corrected chi connectivity index (χ4v) is 2.29. The number of carbonyl (C=O) groups excluding carboxylic acids is 1. The van der Waals surface area contributed by atoms with E-state index in [0.29, 0.717) is 11.3 Å². The first kappa shape index (κ1) is 17.0. The highest BCUT2D eigenvalue weighted by Gasteiger charge is 2.26. The Labute approximate surface area is 125 Å². The van der Waals surface area contributed by atoms with Gasteiger partial charge in [-0.2, -0.15) is 11.8 Å². The summed E-state index contributed by atoms with van der Waals surface area (Å²) in [6, 6.07) is 3.20. The smallest absolute Gasteiger partial charge is 0.326 e. The number of nitrogens with one attached hydrogen (secondary N) is 1. The number of amides is 1. The molecule has 0 heterocycles. The first-order valence-electron chi connectivity index (χ1n) is 6.15. The van der Waals surface area contributed by atoms with Crippen molar-refractivity contribution in [3.8, 4) is 0 Å². The van der Waals surface area contributed by atoms with Crippen molar-refractivity contribution in [1.29, 1.82) is 0 Å². The second-order valence-corrected chi connectivity index (χ2v) is 5.36. The average Bonchev–Trinajstić information content (AvgIpc) is 2.42. The van der Waals surface area contributed by atoms with Crippen LogP contribution < -0.4 is 5.32 Å². The number of rotatable bonds is 7. The van der Waals surface area contributed by atoms with Crippen molar-refractivity contribution in [3.63, 3.8) is 0 Å². The molecule has 0 aliphatic rings. The minimum atomic E-state index is -1.16. The standard InChI is InChI=1S/C13H16N2O5S/c1-8-4-3-5-10(15(19)20)11(8)12(16)14-9(13(17)18)6-7-21-2/h3-5,9H,6-7H2,1-2H3,(H,14,16)(H,17,18)/t9-/m0/s1. The van der Waals surface area contributed by atoms with Gasteiger partial charge >= 0.3 is 5.97 Å². The van der Waals surface area contributed by atoms with Gasteiger partial charge in [0.1, 0.15) is 11.6 Å². The second-order valence-electron chi connectivity index (χ2n) is 4.37. The van der Waals surface area contributed by atoms with Gasteiger partial charge in [-0.15, -0.1) is 0 Å². The van der Waals surface area contributed by atoms with Gasteiger partial charge in [-0.25, -0.2) is 4.79 Å². The van der Waals surface area contributed by atoms with Crippen LogP contribution in [0.5, 0.6) is 0 Å². The number of carboxylic acid groups (broad SMARTS) is 1. The summed E-state index contributed by atoms with van der Waals surface area (Å²) in [7, 11) is 0. The van der Waals surface area contributed by atoms with E-state index in [1.54, 1.807) is 13.0 Å². The molecule has 0 fully saturated rings. The molecule has 114 valence electrons. The third-order valence-corrected chi connectivity index (χ3v) is 3.53. The Morgan fingerprint density at radius 3 is 2.67 bits per heavy atom. The zero-order valence-corrected chi connectivity index (χ0v) is 12.5. The highest BCUT2D eigenvalue weighted by Crippen LogP contribution is 2.22. The van der Waals surface area contributed by atoms with Crippen LogP contribution >= 0.6 is 11.8 Å². The highest BCUT2D eigenvalue weighted by molar-refractivity contribution is 7.98. The van der Waals surface area contributed by atoms with Crippen LogP contribution in [-0.4, -0.2) is 40.0 Å². The lowest BCUT2D eigenvalue weighted by molar-refractivity contribution is -0.385. The number of aliphatic carboxylic acids is 1. The molecule has 1 atom stereocenters. The Hall–Kier alpha value is -2.09. The zero-order valence-electron chi connectivity index (χ0n) is 11.7. The van der Waals surface area contributed by atoms with Gasteiger partial charge in [0.2, 0.25) is 0 Å². The molecule has 0 spiro atoms. The third-order valence-electron chi connectivity index (χ3n) is 2.89. The van der Waals surface area contributed by atoms with Crippen molar-refractivity contribution in [2.75, 3.05) is 12.0 Å². The Morgan fingerprint density at radius 1 is 1.48 bits per heavy atom. The number of carbonyl (C=O) groups is 2. The molecule has 1 aromatic carbocycles. The van der Waals surface area contributed by atoms with E-state index in [9.17, 15) is 19.7 Å². The Kier molecular flexibility index (Phi) is 6.16. The molecule has 0 aromatic heterocycles. The van der Waals surface area contributed by atoms with Crippen LogP contribution in [0.1, 0.15) is 22.3 Å². The maximum Gasteiger partial charge on any atom is 0.326 e. The molecule has 0 saturated heterocycles. The van der Waals surface area contributed by atoms with Gasteiger partial charge < -0.3 is 10.4 Å². The van der Waals surface area contributed by atoms with Crippen LogP contribution in [-0.2, 0) is 4.79 Å². The molecule has 0 aliphatic heterocycles. The van der Waals surface area contributed by atoms with Crippen molar-refractivity contribution in [3.05, 3.63) is 39.4 Å². The van der Waals surface area contributed by atoms with Crippen molar-refractivity contribution >= 4 is 29.3 Å². The molecule has 0 radical (unpaired) electrons. The summed E-state index contributed by atoms with van der Waals surface area (Å²) >= 11 is 1.46. The monoisotopic (exact) mass is 312 g/mol. The summed E-state index contributed by atoms with van der Waals surface area (Å²) in [5, 5.41) is 22.4. The molecule has 1 rings (SSSR count). The molecular formula is C13H16N2O5S. The molecule has 0 saturated carbocycles. The predicted molar refractivity (Wildman–Crippen MR) is 79.7 cm³/mol. The molecule has 0 bridgehead atoms. The van der Waals surface area contributed by atoms with Crippen LogP contribution in [0, 0.1) is 17.0 Å². The number of hydrogen-bond donors (Lipinski definition) is 2. The average molecular weight is 312 g/mol. The molecule has 2 N–H and O–H groups in total. The van der Waals surface area contributed by atoms with E-state index in [1.807, 2.05) is 6.26 Å². The Morgan fingerprint density at radius 2 is 2.14 bits per heavy atom. The summed E-state index contributed by atoms with van der Waals surface area (Å²) in [4.78, 5) is 33.6. The third kappa shape index (κ3) is 4.45. The second kappa shape index (κ2) is 7.63. The number of nitrogens with zero attached hydrogens (tertiary/aromatic N) is 1. The van der Waals surface area contributed by atoms with E-state index in [-0.39, 0.29) is 17.7 Å². The van der Waals surface area contributed by atoms with Gasteiger partial charge in [0, 0.05) is 6.07 Å². The normalized spacial score (nSPS) is 11.7. The lowest BCUT2D eigenvalue weighted by Gasteiger charge is -2.15. The number of benzene rings is 1. The summed E-state index contributed by atoms with van der Waals surface area (Å²) in [5.74, 6) is -1.34. The molecule has 1 amide bonds. The number of nitro benzene ring substituents is 1. The number of hydrogen-bond acceptors (Lipinski definition) is 5. The van der Waals surface area contributed by atoms with Crippen LogP contribution in [0.3, 0.4) is 0 Å². The van der Waals surface area contributed by atoms with Crippen LogP contribution in [0.15, 0.2) is 18.2 Å². The van der Waals surface area contributed by atoms with E-state index >= 15 is 0 Å². The van der Waals surface area contributed by atoms with Gasteiger partial charge in [0.15, 0.2) is 0 Å². The first-order valence-corrected chi connectivity index (χ1v) is 7.54. The maximum atomic E-state index is 12.2. The summed E-state index contributed by atoms with van der Waals surface area (Å²) in [6.45, 7) is 1.57. The van der Waals surface area contributed by atoms with Crippen molar-refractivity contribution in [2.24, 2.45) is 0 Å². The van der Waals surface area contributed by atoms with Crippen LogP contribution in [0.2, 0.25) is 0 Å². The molecule has 21 heavy (non-hydrogen) atoms. The van der Waals surface area contributed by atoms with Gasteiger partial charge in [0.25, 0.3) is 11.6 Å². The SMILES string of the molecule is CSCC[C@H](NC(=O)c1c(C)cccc1[N+](=O)[O-])C(=O)O. The van der Waals surface area contributed by atoms with E-state index in [0.717, 1.165) is 0 Å². The minimum Gasteiger partial charge on any atom is -0.480 e. The molecular weight excluding hydrogens is 296 g/mol. The van der Waals surface area contributed by atoms with E-state index < -0.39 is 22.8 Å². The highest BCUT2D eigenvalue weighted by atomic mass is 32.2. The summed E-state index contributed by atoms with van der Waals surface area (Å²) in [5.41, 5.74) is -0.00453. The quantitative estimate of drug-likeness (QED) is 0.587. The van der Waals surface area contributed by atoms with Crippen molar-refractivity contribution in [1.82, 2.24) is 5.32 Å². The number of carboxylic acids is 1. The van der Waals surface area contributed by atoms with Crippen LogP contribution in [0.4, 0.5) is 5.69 Å². The summed E-state index contributed by atoms with van der Waals surface area (Å²) < 4.78 is 0. The minimum absolute atomic E-state index is 0.0992. The molecule has 0 aliphatic carbocycles. The summed E-state index contributed by atoms with van der Waals surface area (Å²) in [6.07, 6.45) is 2.08. The number of thioether (sulfide) groups is 1. The molecule has 8 heteroatoms. The largest absolute Gasteiger partial charge is 0.480 e. The lowest BCUT2D eigenvalue weighted by atomic mass is 10.1. The van der Waals surface area contributed by atoms with Crippen molar-refractivity contribution in [2.45, 2.75) is 19.4 Å². The first-order chi connectivity index (χ1) is 9.88. The molecule has 7 nitrogen and oxygen atoms in total. The fourth-order valence-electron chi connectivity index (χ4n) is 1.82. The maximum absolute atomic E-state index is 12.2. The number of aryl methyl sites for hydroxylation is 1. The topological polar surface area (TPSA) is 110 Å². The Bertz CT molecular complexity index is 561. The molecule has 0 unspecified atom stereocenters. The van der Waals surface area contributed by atoms with Gasteiger partial charge in [-0.05, 0) is 30.9 Å². The predicted octanol–water partition coefficient (Wildman–Crippen LogP) is 1.84. The van der Waals surface area contributed by atoms with E-state index in [1.165, 1.54) is 23.9 Å². The van der Waals surface area contributed by atoms with E-state index in [2.05, 4.69) is 5.32 Å². The lowest BCUT2D eigenvalue weighted by Crippen LogP contribution is -2.41. The fraction of sp³-hybridized carbons (Fsp3) is 0.385. The van der Waals surface area contributed by atoms with Gasteiger partial charge in [-0.1, -0.05) is 12.1 Å². The van der Waals surface area contributed by atoms with Gasteiger partial charge in [-0.3, -0.25) is 14.9 Å². The van der Waals surface area contributed by atoms with Crippen molar-refractivity contribution < 1.29 is 19.6 Å². The molecule has 1 aromatic rings. The van der Waals surface area contributed by atoms with Crippen LogP contribution in [0.25, 0.3) is 0 Å². The van der Waals surface area contributed by atoms with E-state index in [4.69, 9.17) is 5.11 Å². The number of nitro groups is 1. The van der Waals surface area contributed by atoms with Gasteiger partial charge in [0.05, 0.1) is 4.92 Å². The Balaban J connectivity index is 3.02.